The maximum Gasteiger partial charge on any atom is 0.315 e. The van der Waals surface area contributed by atoms with E-state index in [1.165, 1.54) is 0 Å². The maximum atomic E-state index is 11.5. The van der Waals surface area contributed by atoms with Gasteiger partial charge in [-0.2, -0.15) is 0 Å². The second-order valence-electron chi connectivity index (χ2n) is 5.23. The molecule has 0 aliphatic heterocycles. The van der Waals surface area contributed by atoms with Crippen LogP contribution in [0.25, 0.3) is 0 Å². The third-order valence-electron chi connectivity index (χ3n) is 2.32. The minimum atomic E-state index is -0.208. The molecule has 2 amide bonds. The number of benzene rings is 1. The van der Waals surface area contributed by atoms with Crippen LogP contribution in [0.2, 0.25) is 0 Å². The third kappa shape index (κ3) is 5.57. The van der Waals surface area contributed by atoms with Gasteiger partial charge in [-0.25, -0.2) is 4.79 Å². The van der Waals surface area contributed by atoms with Crippen LogP contribution in [0.1, 0.15) is 26.3 Å². The minimum absolute atomic E-state index is 0.134. The van der Waals surface area contributed by atoms with Gasteiger partial charge in [0.1, 0.15) is 5.75 Å². The van der Waals surface area contributed by atoms with E-state index in [4.69, 9.17) is 4.74 Å². The van der Waals surface area contributed by atoms with Crippen LogP contribution in [0.5, 0.6) is 5.75 Å². The normalized spacial score (nSPS) is 10.9. The first-order valence-corrected chi connectivity index (χ1v) is 6.09. The summed E-state index contributed by atoms with van der Waals surface area (Å²) in [6.45, 7) is 6.47. The van der Waals surface area contributed by atoms with E-state index in [1.807, 2.05) is 45.0 Å². The fourth-order valence-corrected chi connectivity index (χ4v) is 1.53. The van der Waals surface area contributed by atoms with Gasteiger partial charge < -0.3 is 15.4 Å². The summed E-state index contributed by atoms with van der Waals surface area (Å²) >= 11 is 0. The number of rotatable bonds is 4. The zero-order chi connectivity index (χ0) is 13.6. The first-order chi connectivity index (χ1) is 8.40. The number of amides is 2. The molecule has 0 bridgehead atoms. The smallest absolute Gasteiger partial charge is 0.315 e. The van der Waals surface area contributed by atoms with E-state index >= 15 is 0 Å². The van der Waals surface area contributed by atoms with Crippen LogP contribution in [0, 0.1) is 0 Å². The molecule has 4 heteroatoms. The molecule has 4 nitrogen and oxygen atoms in total. The van der Waals surface area contributed by atoms with Gasteiger partial charge in [-0.1, -0.05) is 12.1 Å². The lowest BCUT2D eigenvalue weighted by molar-refractivity contribution is 0.232. The molecule has 1 rings (SSSR count). The van der Waals surface area contributed by atoms with E-state index in [2.05, 4.69) is 10.6 Å². The zero-order valence-electron chi connectivity index (χ0n) is 11.5. The third-order valence-corrected chi connectivity index (χ3v) is 2.32. The molecule has 100 valence electrons. The van der Waals surface area contributed by atoms with Crippen molar-refractivity contribution >= 4 is 6.03 Å². The number of carbonyl (C=O) groups is 1. The van der Waals surface area contributed by atoms with Crippen molar-refractivity contribution in [2.24, 2.45) is 0 Å². The second-order valence-corrected chi connectivity index (χ2v) is 5.23. The topological polar surface area (TPSA) is 50.4 Å². The molecule has 2 N–H and O–H groups in total. The summed E-state index contributed by atoms with van der Waals surface area (Å²) < 4.78 is 5.15. The minimum Gasteiger partial charge on any atom is -0.497 e. The van der Waals surface area contributed by atoms with Crippen LogP contribution < -0.4 is 15.4 Å². The maximum absolute atomic E-state index is 11.5. The van der Waals surface area contributed by atoms with Crippen molar-refractivity contribution in [3.63, 3.8) is 0 Å². The molecular formula is C14H22N2O2. The van der Waals surface area contributed by atoms with E-state index in [0.29, 0.717) is 6.54 Å². The molecule has 1 aromatic carbocycles. The van der Waals surface area contributed by atoms with Crippen LogP contribution in [-0.4, -0.2) is 25.2 Å². The van der Waals surface area contributed by atoms with Gasteiger partial charge in [-0.3, -0.25) is 0 Å². The lowest BCUT2D eigenvalue weighted by Crippen LogP contribution is -2.46. The summed E-state index contributed by atoms with van der Waals surface area (Å²) in [5.74, 6) is 0.839. The van der Waals surface area contributed by atoms with Gasteiger partial charge in [-0.05, 0) is 44.9 Å². The van der Waals surface area contributed by atoms with Gasteiger partial charge in [0, 0.05) is 12.1 Å². The highest BCUT2D eigenvalue weighted by Crippen LogP contribution is 2.12. The van der Waals surface area contributed by atoms with Crippen molar-refractivity contribution in [3.8, 4) is 5.75 Å². The fourth-order valence-electron chi connectivity index (χ4n) is 1.53. The molecule has 0 atom stereocenters. The molecule has 0 radical (unpaired) electrons. The Morgan fingerprint density at radius 1 is 1.33 bits per heavy atom. The molecule has 0 fully saturated rings. The van der Waals surface area contributed by atoms with Gasteiger partial charge in [0.05, 0.1) is 7.11 Å². The van der Waals surface area contributed by atoms with Crippen LogP contribution >= 0.6 is 0 Å². The Balaban J connectivity index is 2.35. The van der Waals surface area contributed by atoms with Gasteiger partial charge in [0.15, 0.2) is 0 Å². The highest BCUT2D eigenvalue weighted by molar-refractivity contribution is 5.74. The average molecular weight is 250 g/mol. The van der Waals surface area contributed by atoms with E-state index in [1.54, 1.807) is 7.11 Å². The molecule has 0 aliphatic rings. The molecule has 0 unspecified atom stereocenters. The number of carbonyl (C=O) groups excluding carboxylic acids is 1. The summed E-state index contributed by atoms with van der Waals surface area (Å²) in [6, 6.07) is 7.72. The summed E-state index contributed by atoms with van der Waals surface area (Å²) in [5, 5.41) is 5.69. The molecule has 1 aromatic rings. The van der Waals surface area contributed by atoms with Crippen molar-refractivity contribution < 1.29 is 9.53 Å². The number of ether oxygens (including phenoxy) is 1. The first-order valence-electron chi connectivity index (χ1n) is 6.09. The Hall–Kier alpha value is -1.71. The number of hydrogen-bond acceptors (Lipinski definition) is 2. The number of methoxy groups -OCH3 is 1. The molecule has 0 saturated heterocycles. The number of urea groups is 1. The quantitative estimate of drug-likeness (QED) is 0.861. The van der Waals surface area contributed by atoms with Crippen molar-refractivity contribution in [3.05, 3.63) is 29.8 Å². The summed E-state index contributed by atoms with van der Waals surface area (Å²) in [6.07, 6.45) is 0.786. The molecule has 18 heavy (non-hydrogen) atoms. The van der Waals surface area contributed by atoms with Crippen LogP contribution in [-0.2, 0) is 6.42 Å². The molecular weight excluding hydrogens is 228 g/mol. The van der Waals surface area contributed by atoms with E-state index in [-0.39, 0.29) is 11.6 Å². The number of hydrogen-bond donors (Lipinski definition) is 2. The van der Waals surface area contributed by atoms with E-state index in [0.717, 1.165) is 17.7 Å². The van der Waals surface area contributed by atoms with Crippen molar-refractivity contribution in [1.29, 1.82) is 0 Å². The van der Waals surface area contributed by atoms with Crippen LogP contribution in [0.3, 0.4) is 0 Å². The van der Waals surface area contributed by atoms with Crippen molar-refractivity contribution in [2.45, 2.75) is 32.7 Å². The van der Waals surface area contributed by atoms with E-state index in [9.17, 15) is 4.79 Å². The van der Waals surface area contributed by atoms with E-state index < -0.39 is 0 Å². The Morgan fingerprint density at radius 3 is 2.67 bits per heavy atom. The highest BCUT2D eigenvalue weighted by Gasteiger charge is 2.12. The molecule has 0 aliphatic carbocycles. The molecule has 0 aromatic heterocycles. The Labute approximate surface area is 109 Å². The predicted octanol–water partition coefficient (Wildman–Crippen LogP) is 2.34. The van der Waals surface area contributed by atoms with Crippen molar-refractivity contribution in [2.75, 3.05) is 13.7 Å². The predicted molar refractivity (Wildman–Crippen MR) is 73.0 cm³/mol. The summed E-state index contributed by atoms with van der Waals surface area (Å²) in [5.41, 5.74) is 0.936. The van der Waals surface area contributed by atoms with Gasteiger partial charge in [0.25, 0.3) is 0 Å². The molecule has 0 saturated carbocycles. The molecule has 0 spiro atoms. The zero-order valence-corrected chi connectivity index (χ0v) is 11.5. The summed E-state index contributed by atoms with van der Waals surface area (Å²) in [7, 11) is 1.65. The SMILES string of the molecule is COc1cccc(CCNC(=O)NC(C)(C)C)c1. The molecule has 0 heterocycles. The average Bonchev–Trinajstić information content (AvgIpc) is 2.27. The Morgan fingerprint density at radius 2 is 2.06 bits per heavy atom. The highest BCUT2D eigenvalue weighted by atomic mass is 16.5. The fraction of sp³-hybridized carbons (Fsp3) is 0.500. The monoisotopic (exact) mass is 250 g/mol. The Kier molecular flexibility index (Phi) is 5.01. The Bertz CT molecular complexity index is 397. The van der Waals surface area contributed by atoms with Crippen molar-refractivity contribution in [1.82, 2.24) is 10.6 Å². The second kappa shape index (κ2) is 6.28. The standard InChI is InChI=1S/C14H22N2O2/c1-14(2,3)16-13(17)15-9-8-11-6-5-7-12(10-11)18-4/h5-7,10H,8-9H2,1-4H3,(H2,15,16,17). The van der Waals surface area contributed by atoms with Gasteiger partial charge in [0.2, 0.25) is 0 Å². The summed E-state index contributed by atoms with van der Waals surface area (Å²) in [4.78, 5) is 11.5. The largest absolute Gasteiger partial charge is 0.497 e. The number of nitrogens with one attached hydrogen (secondary N) is 2. The van der Waals surface area contributed by atoms with Crippen LogP contribution in [0.15, 0.2) is 24.3 Å². The van der Waals surface area contributed by atoms with Gasteiger partial charge in [-0.15, -0.1) is 0 Å². The van der Waals surface area contributed by atoms with Gasteiger partial charge >= 0.3 is 6.03 Å². The lowest BCUT2D eigenvalue weighted by Gasteiger charge is -2.20. The first kappa shape index (κ1) is 14.4. The van der Waals surface area contributed by atoms with Crippen LogP contribution in [0.4, 0.5) is 4.79 Å². The lowest BCUT2D eigenvalue weighted by atomic mass is 10.1.